The normalized spacial score (nSPS) is 13.4. The molecule has 19 heavy (non-hydrogen) atoms. The Hall–Kier alpha value is -1.31. The van der Waals surface area contributed by atoms with Crippen LogP contribution >= 0.6 is 11.3 Å². The Kier molecular flexibility index (Phi) is 3.98. The fourth-order valence-corrected chi connectivity index (χ4v) is 3.58. The minimum atomic E-state index is -3.87. The van der Waals surface area contributed by atoms with Crippen LogP contribution in [-0.4, -0.2) is 8.42 Å². The summed E-state index contributed by atoms with van der Waals surface area (Å²) >= 11 is 1.41. The van der Waals surface area contributed by atoms with Crippen LogP contribution in [0.3, 0.4) is 0 Å². The summed E-state index contributed by atoms with van der Waals surface area (Å²) in [5, 5.41) is 1.83. The van der Waals surface area contributed by atoms with Gasteiger partial charge in [-0.2, -0.15) is 0 Å². The molecule has 0 unspecified atom stereocenters. The molecule has 0 aliphatic rings. The Morgan fingerprint density at radius 3 is 2.53 bits per heavy atom. The molecule has 1 aromatic heterocycles. The summed E-state index contributed by atoms with van der Waals surface area (Å²) in [6.07, 6.45) is 0. The van der Waals surface area contributed by atoms with Crippen LogP contribution in [0.4, 0.5) is 8.78 Å². The van der Waals surface area contributed by atoms with Crippen molar-refractivity contribution in [3.05, 3.63) is 52.2 Å². The average Bonchev–Trinajstić information content (AvgIpc) is 2.85. The molecule has 0 radical (unpaired) electrons. The molecule has 102 valence electrons. The smallest absolute Gasteiger partial charge is 0.207 e. The van der Waals surface area contributed by atoms with Crippen molar-refractivity contribution >= 4 is 21.4 Å². The summed E-state index contributed by atoms with van der Waals surface area (Å²) in [6, 6.07) is 5.66. The second-order valence-corrected chi connectivity index (χ2v) is 6.63. The van der Waals surface area contributed by atoms with Gasteiger partial charge >= 0.3 is 0 Å². The van der Waals surface area contributed by atoms with Gasteiger partial charge in [0, 0.05) is 4.88 Å². The highest BCUT2D eigenvalue weighted by atomic mass is 32.2. The van der Waals surface area contributed by atoms with Crippen LogP contribution in [0.15, 0.2) is 40.6 Å². The molecule has 1 N–H and O–H groups in total. The number of hydrogen-bond donors (Lipinski definition) is 1. The fraction of sp³-hybridized carbons (Fsp3) is 0.167. The van der Waals surface area contributed by atoms with Gasteiger partial charge in [0.25, 0.3) is 0 Å². The third-order valence-corrected chi connectivity index (χ3v) is 5.10. The van der Waals surface area contributed by atoms with Gasteiger partial charge in [0.1, 0.15) is 0 Å². The van der Waals surface area contributed by atoms with E-state index in [1.807, 2.05) is 11.4 Å². The molecule has 0 amide bonds. The van der Waals surface area contributed by atoms with E-state index < -0.39 is 27.7 Å². The van der Waals surface area contributed by atoms with E-state index in [1.54, 1.807) is 13.0 Å². The van der Waals surface area contributed by atoms with Gasteiger partial charge in [-0.3, -0.25) is 0 Å². The first-order valence-electron chi connectivity index (χ1n) is 5.41. The van der Waals surface area contributed by atoms with Crippen molar-refractivity contribution in [1.29, 1.82) is 0 Å². The van der Waals surface area contributed by atoms with Crippen molar-refractivity contribution in [2.24, 2.45) is 0 Å². The molecule has 3 nitrogen and oxygen atoms in total. The summed E-state index contributed by atoms with van der Waals surface area (Å²) in [6.45, 7) is 1.68. The number of sulfonamides is 1. The highest BCUT2D eigenvalue weighted by Crippen LogP contribution is 2.21. The molecule has 0 bridgehead atoms. The van der Waals surface area contributed by atoms with Gasteiger partial charge in [0.2, 0.25) is 10.0 Å². The lowest BCUT2D eigenvalue weighted by molar-refractivity contribution is 0.503. The SMILES string of the molecule is C[C@@H](NS(=O)(=O)c1ccc(F)c(F)c1)c1cccs1. The molecule has 0 fully saturated rings. The lowest BCUT2D eigenvalue weighted by Crippen LogP contribution is -2.26. The third kappa shape index (κ3) is 3.17. The maximum Gasteiger partial charge on any atom is 0.241 e. The van der Waals surface area contributed by atoms with Crippen LogP contribution < -0.4 is 4.72 Å². The highest BCUT2D eigenvalue weighted by Gasteiger charge is 2.20. The average molecular weight is 303 g/mol. The van der Waals surface area contributed by atoms with Crippen LogP contribution in [0.2, 0.25) is 0 Å². The first kappa shape index (κ1) is 14.1. The van der Waals surface area contributed by atoms with Gasteiger partial charge in [-0.25, -0.2) is 21.9 Å². The van der Waals surface area contributed by atoms with Crippen molar-refractivity contribution in [1.82, 2.24) is 4.72 Å². The van der Waals surface area contributed by atoms with Gasteiger partial charge < -0.3 is 0 Å². The zero-order chi connectivity index (χ0) is 14.0. The summed E-state index contributed by atoms with van der Waals surface area (Å²) in [5.41, 5.74) is 0. The van der Waals surface area contributed by atoms with Crippen LogP contribution in [-0.2, 0) is 10.0 Å². The Labute approximate surface area is 114 Å². The van der Waals surface area contributed by atoms with Crippen LogP contribution in [0.1, 0.15) is 17.8 Å². The van der Waals surface area contributed by atoms with Crippen molar-refractivity contribution in [3.63, 3.8) is 0 Å². The molecule has 1 aromatic carbocycles. The van der Waals surface area contributed by atoms with Gasteiger partial charge in [0.15, 0.2) is 11.6 Å². The van der Waals surface area contributed by atoms with Crippen molar-refractivity contribution in [2.75, 3.05) is 0 Å². The zero-order valence-electron chi connectivity index (χ0n) is 9.93. The van der Waals surface area contributed by atoms with E-state index in [0.29, 0.717) is 6.07 Å². The van der Waals surface area contributed by atoms with E-state index in [4.69, 9.17) is 0 Å². The van der Waals surface area contributed by atoms with Crippen molar-refractivity contribution < 1.29 is 17.2 Å². The lowest BCUT2D eigenvalue weighted by Gasteiger charge is -2.12. The van der Waals surface area contributed by atoms with E-state index in [-0.39, 0.29) is 4.90 Å². The lowest BCUT2D eigenvalue weighted by atomic mass is 10.3. The maximum absolute atomic E-state index is 13.1. The molecule has 7 heteroatoms. The molecule has 0 aliphatic heterocycles. The zero-order valence-corrected chi connectivity index (χ0v) is 11.6. The van der Waals surface area contributed by atoms with Gasteiger partial charge in [-0.1, -0.05) is 6.07 Å². The number of rotatable bonds is 4. The van der Waals surface area contributed by atoms with Gasteiger partial charge in [-0.05, 0) is 36.6 Å². The highest BCUT2D eigenvalue weighted by molar-refractivity contribution is 7.89. The van der Waals surface area contributed by atoms with E-state index in [9.17, 15) is 17.2 Å². The first-order chi connectivity index (χ1) is 8.90. The molecular formula is C12H11F2NO2S2. The Balaban J connectivity index is 2.25. The predicted octanol–water partition coefficient (Wildman–Crippen LogP) is 3.07. The molecule has 1 heterocycles. The number of nitrogens with one attached hydrogen (secondary N) is 1. The van der Waals surface area contributed by atoms with Crippen LogP contribution in [0, 0.1) is 11.6 Å². The molecule has 0 saturated carbocycles. The summed E-state index contributed by atoms with van der Waals surface area (Å²) in [4.78, 5) is 0.543. The van der Waals surface area contributed by atoms with E-state index >= 15 is 0 Å². The summed E-state index contributed by atoms with van der Waals surface area (Å²) in [5.74, 6) is -2.27. The minimum Gasteiger partial charge on any atom is -0.207 e. The molecule has 2 aromatic rings. The maximum atomic E-state index is 13.1. The Morgan fingerprint density at radius 1 is 1.21 bits per heavy atom. The largest absolute Gasteiger partial charge is 0.241 e. The Bertz CT molecular complexity index is 669. The number of thiophene rings is 1. The second-order valence-electron chi connectivity index (χ2n) is 3.93. The first-order valence-corrected chi connectivity index (χ1v) is 7.77. The van der Waals surface area contributed by atoms with Crippen LogP contribution in [0.5, 0.6) is 0 Å². The Morgan fingerprint density at radius 2 is 1.95 bits per heavy atom. The molecule has 0 aliphatic carbocycles. The molecule has 1 atom stereocenters. The fourth-order valence-electron chi connectivity index (χ4n) is 1.54. The van der Waals surface area contributed by atoms with Crippen molar-refractivity contribution in [3.8, 4) is 0 Å². The molecule has 0 saturated heterocycles. The topological polar surface area (TPSA) is 46.2 Å². The monoisotopic (exact) mass is 303 g/mol. The predicted molar refractivity (Wildman–Crippen MR) is 69.4 cm³/mol. The van der Waals surface area contributed by atoms with Crippen molar-refractivity contribution in [2.45, 2.75) is 17.9 Å². The van der Waals surface area contributed by atoms with E-state index in [1.165, 1.54) is 11.3 Å². The standard InChI is InChI=1S/C12H11F2NO2S2/c1-8(12-3-2-6-18-12)15-19(16,17)9-4-5-10(13)11(14)7-9/h2-8,15H,1H3/t8-/m1/s1. The minimum absolute atomic E-state index is 0.296. The third-order valence-electron chi connectivity index (χ3n) is 2.50. The number of hydrogen-bond acceptors (Lipinski definition) is 3. The number of benzene rings is 1. The van der Waals surface area contributed by atoms with Crippen LogP contribution in [0.25, 0.3) is 0 Å². The molecular weight excluding hydrogens is 292 g/mol. The number of halogens is 2. The van der Waals surface area contributed by atoms with E-state index in [2.05, 4.69) is 4.72 Å². The molecule has 2 rings (SSSR count). The summed E-state index contributed by atoms with van der Waals surface area (Å²) < 4.78 is 52.3. The van der Waals surface area contributed by atoms with Gasteiger partial charge in [-0.15, -0.1) is 11.3 Å². The quantitative estimate of drug-likeness (QED) is 0.943. The van der Waals surface area contributed by atoms with Gasteiger partial charge in [0.05, 0.1) is 10.9 Å². The summed E-state index contributed by atoms with van der Waals surface area (Å²) in [7, 11) is -3.87. The molecule has 0 spiro atoms. The second kappa shape index (κ2) is 5.36. The van der Waals surface area contributed by atoms with E-state index in [0.717, 1.165) is 17.0 Å².